The Bertz CT molecular complexity index is 1360. The highest BCUT2D eigenvalue weighted by atomic mass is 32.2. The first kappa shape index (κ1) is 46.7. The van der Waals surface area contributed by atoms with Gasteiger partial charge in [-0.25, -0.2) is 0 Å². The lowest BCUT2D eigenvalue weighted by Gasteiger charge is -2.42. The Balaban J connectivity index is 0.000000335. The smallest absolute Gasteiger partial charge is 0.290 e. The molecule has 5 unspecified atom stereocenters. The monoisotopic (exact) mass is 772 g/mol. The third kappa shape index (κ3) is 14.3. The number of nitrogens with zero attached hydrogens (tertiary/aromatic N) is 1. The van der Waals surface area contributed by atoms with Gasteiger partial charge < -0.3 is 26.2 Å². The molecule has 1 saturated heterocycles. The van der Waals surface area contributed by atoms with Crippen molar-refractivity contribution in [2.75, 3.05) is 19.3 Å². The van der Waals surface area contributed by atoms with Gasteiger partial charge in [0.2, 0.25) is 29.9 Å². The minimum absolute atomic E-state index is 0.0206. The maximum atomic E-state index is 13.3. The van der Waals surface area contributed by atoms with Crippen molar-refractivity contribution in [2.24, 2.45) is 16.7 Å². The molecule has 0 spiro atoms. The highest BCUT2D eigenvalue weighted by Crippen LogP contribution is 2.54. The van der Waals surface area contributed by atoms with Crippen molar-refractivity contribution in [3.63, 3.8) is 0 Å². The van der Waals surface area contributed by atoms with Crippen LogP contribution in [0.15, 0.2) is 30.3 Å². The molecule has 2 aliphatic carbocycles. The fraction of sp³-hybridized carbons (Fsp3) is 0.707. The minimum Gasteiger partial charge on any atom is -0.348 e. The van der Waals surface area contributed by atoms with Gasteiger partial charge >= 0.3 is 0 Å². The molecule has 5 N–H and O–H groups in total. The summed E-state index contributed by atoms with van der Waals surface area (Å²) < 4.78 is 2.92. The van der Waals surface area contributed by atoms with E-state index in [0.29, 0.717) is 25.2 Å². The van der Waals surface area contributed by atoms with Crippen LogP contribution in [0.3, 0.4) is 0 Å². The van der Waals surface area contributed by atoms with Crippen LogP contribution in [0.5, 0.6) is 0 Å². The number of carbonyl (C=O) groups is 6. The van der Waals surface area contributed by atoms with Gasteiger partial charge in [0.15, 0.2) is 0 Å². The number of ketones is 1. The molecule has 0 aromatic heterocycles. The molecule has 5 amide bonds. The van der Waals surface area contributed by atoms with Crippen LogP contribution >= 0.6 is 11.9 Å². The average Bonchev–Trinajstić information content (AvgIpc) is 3.32. The molecule has 7 atom stereocenters. The van der Waals surface area contributed by atoms with Gasteiger partial charge in [0.05, 0.1) is 24.7 Å². The van der Waals surface area contributed by atoms with E-state index in [1.165, 1.54) is 56.9 Å². The van der Waals surface area contributed by atoms with E-state index in [2.05, 4.69) is 39.8 Å². The predicted octanol–water partition coefficient (Wildman–Crippen LogP) is 5.22. The summed E-state index contributed by atoms with van der Waals surface area (Å²) in [6, 6.07) is 7.55. The molecule has 2 saturated carbocycles. The second-order valence-corrected chi connectivity index (χ2v) is 17.0. The average molecular weight is 773 g/mol. The summed E-state index contributed by atoms with van der Waals surface area (Å²) in [6.45, 7) is 16.3. The van der Waals surface area contributed by atoms with Gasteiger partial charge in [0.25, 0.3) is 5.91 Å². The van der Waals surface area contributed by atoms with Gasteiger partial charge in [-0.2, -0.15) is 0 Å². The predicted molar refractivity (Wildman–Crippen MR) is 216 cm³/mol. The minimum atomic E-state index is -0.750. The van der Waals surface area contributed by atoms with Crippen LogP contribution in [-0.2, 0) is 28.8 Å². The van der Waals surface area contributed by atoms with Crippen LogP contribution in [0.4, 0.5) is 0 Å². The SMILES string of the molecule is C1CCCCC1.CCCC(NC=O)C(=O)C(=O)NC(C)c1ccccc1.CSN[C@H](C)C(=O)NCC(=O)NC(C(=O)N1CC2(C)CC[C@@H]2C1C)C(C)(C)C. The number of Topliss-reactive ketones (excluding diaryl/α,β-unsaturated/α-hetero) is 1. The van der Waals surface area contributed by atoms with Gasteiger partial charge in [-0.15, -0.1) is 0 Å². The molecule has 0 bridgehead atoms. The Morgan fingerprint density at radius 2 is 1.57 bits per heavy atom. The molecule has 12 nitrogen and oxygen atoms in total. The van der Waals surface area contributed by atoms with Gasteiger partial charge in [-0.1, -0.05) is 122 Å². The highest BCUT2D eigenvalue weighted by molar-refractivity contribution is 7.96. The molecule has 1 aliphatic heterocycles. The number of likely N-dealkylation sites (tertiary alicyclic amines) is 1. The number of hydrogen-bond acceptors (Lipinski definition) is 8. The van der Waals surface area contributed by atoms with E-state index in [1.807, 2.05) is 76.1 Å². The lowest BCUT2D eigenvalue weighted by Crippen LogP contribution is -2.57. The summed E-state index contributed by atoms with van der Waals surface area (Å²) in [5.74, 6) is -1.35. The molecule has 13 heteroatoms. The Morgan fingerprint density at radius 3 is 2.02 bits per heavy atom. The number of fused-ring (bicyclic) bond motifs is 1. The van der Waals surface area contributed by atoms with Crippen LogP contribution in [-0.4, -0.2) is 84.2 Å². The number of nitrogens with one attached hydrogen (secondary N) is 5. The normalized spacial score (nSPS) is 22.4. The molecule has 4 rings (SSSR count). The molecule has 1 heterocycles. The third-order valence-corrected chi connectivity index (χ3v) is 11.5. The van der Waals surface area contributed by atoms with Crippen molar-refractivity contribution in [1.82, 2.24) is 30.9 Å². The molecule has 1 aromatic rings. The van der Waals surface area contributed by atoms with Crippen molar-refractivity contribution in [3.05, 3.63) is 35.9 Å². The molecule has 3 aliphatic rings. The standard InChI is InChI=1S/C20H36N4O3S.C15H20N2O3.C6H12/c1-12(23-28-7)17(26)21-10-15(25)22-16(19(3,4)5)18(27)24-11-20(6)9-8-14(20)13(24)2;1-3-7-13(16-10-18)14(19)15(20)17-11(2)12-8-5-4-6-9-12;1-2-4-6-5-3-1/h12-14,16,23H,8-11H2,1-7H3,(H,21,26)(H,22,25);4-6,8-11,13H,3,7H2,1-2H3,(H,16,18)(H,17,20);1-6H2/t12-,13?,14-,16?,20?;;/m1../s1. The van der Waals surface area contributed by atoms with Crippen molar-refractivity contribution >= 4 is 47.8 Å². The van der Waals surface area contributed by atoms with E-state index in [9.17, 15) is 28.8 Å². The van der Waals surface area contributed by atoms with E-state index in [-0.39, 0.29) is 41.8 Å². The molecule has 54 heavy (non-hydrogen) atoms. The number of carbonyl (C=O) groups excluding carboxylic acids is 6. The maximum Gasteiger partial charge on any atom is 0.290 e. The van der Waals surface area contributed by atoms with Crippen LogP contribution in [0.1, 0.15) is 131 Å². The Labute approximate surface area is 328 Å². The van der Waals surface area contributed by atoms with Gasteiger partial charge in [0, 0.05) is 12.6 Å². The van der Waals surface area contributed by atoms with E-state index >= 15 is 0 Å². The largest absolute Gasteiger partial charge is 0.348 e. The van der Waals surface area contributed by atoms with E-state index < -0.39 is 35.2 Å². The van der Waals surface area contributed by atoms with Crippen LogP contribution in [0.2, 0.25) is 0 Å². The fourth-order valence-corrected chi connectivity index (χ4v) is 7.86. The Kier molecular flexibility index (Phi) is 19.7. The lowest BCUT2D eigenvalue weighted by atomic mass is 9.62. The Morgan fingerprint density at radius 1 is 0.981 bits per heavy atom. The first-order valence-electron chi connectivity index (χ1n) is 19.8. The summed E-state index contributed by atoms with van der Waals surface area (Å²) in [5.41, 5.74) is 0.715. The quantitative estimate of drug-likeness (QED) is 0.0920. The zero-order chi connectivity index (χ0) is 40.5. The molecule has 1 aromatic carbocycles. The van der Waals surface area contributed by atoms with Gasteiger partial charge in [-0.3, -0.25) is 33.5 Å². The van der Waals surface area contributed by atoms with E-state index in [0.717, 1.165) is 18.5 Å². The zero-order valence-electron chi connectivity index (χ0n) is 34.2. The Hall–Kier alpha value is -3.45. The van der Waals surface area contributed by atoms with E-state index in [1.54, 1.807) is 6.92 Å². The highest BCUT2D eigenvalue weighted by Gasteiger charge is 2.56. The summed E-state index contributed by atoms with van der Waals surface area (Å²) in [6.07, 6.45) is 14.8. The molecular formula is C41H68N6O6S. The number of hydrogen-bond donors (Lipinski definition) is 5. The first-order valence-corrected chi connectivity index (χ1v) is 21.0. The summed E-state index contributed by atoms with van der Waals surface area (Å²) in [4.78, 5) is 74.1. The summed E-state index contributed by atoms with van der Waals surface area (Å²) in [5, 5.41) is 10.5. The summed E-state index contributed by atoms with van der Waals surface area (Å²) >= 11 is 1.35. The van der Waals surface area contributed by atoms with Crippen LogP contribution in [0, 0.1) is 16.7 Å². The maximum absolute atomic E-state index is 13.3. The fourth-order valence-electron chi connectivity index (χ4n) is 7.40. The second-order valence-electron chi connectivity index (χ2n) is 16.4. The topological polar surface area (TPSA) is 166 Å². The van der Waals surface area contributed by atoms with E-state index in [4.69, 9.17) is 0 Å². The lowest BCUT2D eigenvalue weighted by molar-refractivity contribution is -0.140. The second kappa shape index (κ2) is 22.8. The summed E-state index contributed by atoms with van der Waals surface area (Å²) in [7, 11) is 0. The van der Waals surface area contributed by atoms with Gasteiger partial charge in [-0.05, 0) is 68.6 Å². The van der Waals surface area contributed by atoms with Crippen molar-refractivity contribution < 1.29 is 28.8 Å². The molecule has 304 valence electrons. The number of amides is 5. The molecule has 0 radical (unpaired) electrons. The van der Waals surface area contributed by atoms with Gasteiger partial charge in [0.1, 0.15) is 6.04 Å². The number of benzene rings is 1. The van der Waals surface area contributed by atoms with Crippen LogP contribution in [0.25, 0.3) is 0 Å². The van der Waals surface area contributed by atoms with Crippen molar-refractivity contribution in [3.8, 4) is 0 Å². The van der Waals surface area contributed by atoms with Crippen LogP contribution < -0.4 is 26.0 Å². The zero-order valence-corrected chi connectivity index (χ0v) is 35.0. The molecule has 3 fully saturated rings. The third-order valence-electron chi connectivity index (χ3n) is 10.9. The first-order chi connectivity index (χ1) is 25.5. The van der Waals surface area contributed by atoms with Crippen molar-refractivity contribution in [1.29, 1.82) is 0 Å². The number of rotatable bonds is 15. The van der Waals surface area contributed by atoms with Crippen molar-refractivity contribution in [2.45, 2.75) is 150 Å². The molecular weight excluding hydrogens is 705 g/mol.